The smallest absolute Gasteiger partial charge is 0 e. The summed E-state index contributed by atoms with van der Waals surface area (Å²) in [5.74, 6) is 0.639. The van der Waals surface area contributed by atoms with Crippen LogP contribution in [-0.4, -0.2) is 0 Å². The van der Waals surface area contributed by atoms with E-state index in [2.05, 4.69) is 30.4 Å². The summed E-state index contributed by atoms with van der Waals surface area (Å²) in [5.41, 5.74) is 1.38. The van der Waals surface area contributed by atoms with Crippen LogP contribution in [0.25, 0.3) is 0 Å². The van der Waals surface area contributed by atoms with E-state index in [9.17, 15) is 0 Å². The minimum atomic E-state index is 0. The normalized spacial score (nSPS) is 14.4. The zero-order valence-corrected chi connectivity index (χ0v) is 9.71. The molecule has 1 aromatic rings. The molecule has 0 radical (unpaired) electrons. The van der Waals surface area contributed by atoms with Gasteiger partial charge >= 0.3 is 0 Å². The van der Waals surface area contributed by atoms with Gasteiger partial charge in [-0.3, -0.25) is 0 Å². The van der Waals surface area contributed by atoms with Crippen molar-refractivity contribution in [1.29, 1.82) is 0 Å². The van der Waals surface area contributed by atoms with E-state index in [1.54, 1.807) is 0 Å². The van der Waals surface area contributed by atoms with Gasteiger partial charge in [0.25, 0.3) is 0 Å². The summed E-state index contributed by atoms with van der Waals surface area (Å²) in [6.45, 7) is 0. The summed E-state index contributed by atoms with van der Waals surface area (Å²) in [5, 5.41) is 0. The molecule has 1 aliphatic rings. The molecule has 0 aromatic heterocycles. The Kier molecular flexibility index (Phi) is 2.77. The van der Waals surface area contributed by atoms with Gasteiger partial charge in [0.15, 0.2) is 0 Å². The second-order valence-corrected chi connectivity index (χ2v) is 2.24. The van der Waals surface area contributed by atoms with E-state index in [0.29, 0.717) is 5.92 Å². The monoisotopic (exact) mass is 353 g/mol. The maximum Gasteiger partial charge on any atom is 0 e. The van der Waals surface area contributed by atoms with Gasteiger partial charge in [-0.05, 0) is 5.92 Å². The maximum absolute atomic E-state index is 2.99. The number of rotatable bonds is 1. The van der Waals surface area contributed by atoms with Gasteiger partial charge in [0, 0.05) is 31.1 Å². The van der Waals surface area contributed by atoms with Crippen LogP contribution in [0.4, 0.5) is 0 Å². The third kappa shape index (κ3) is 1.75. The number of hydrogen-bond donors (Lipinski definition) is 0. The number of allylic oxidation sites excluding steroid dienone is 2. The molecule has 0 nitrogen and oxygen atoms in total. The molecule has 1 aliphatic carbocycles. The first-order valence-corrected chi connectivity index (χ1v) is 3.11. The molecule has 1 heteroatoms. The van der Waals surface area contributed by atoms with Gasteiger partial charge in [-0.15, -0.1) is 5.56 Å². The molecule has 0 atom stereocenters. The van der Waals surface area contributed by atoms with E-state index in [4.69, 9.17) is 0 Å². The minimum Gasteiger partial charge on any atom is -0.184 e. The first-order valence-electron chi connectivity index (χ1n) is 3.11. The Morgan fingerprint density at radius 3 is 2.20 bits per heavy atom. The summed E-state index contributed by atoms with van der Waals surface area (Å²) in [6.07, 6.45) is 4.38. The van der Waals surface area contributed by atoms with Crippen molar-refractivity contribution >= 4 is 0 Å². The van der Waals surface area contributed by atoms with E-state index in [0.717, 1.165) is 0 Å². The van der Waals surface area contributed by atoms with Crippen LogP contribution < -0.4 is 0 Å². The fourth-order valence-corrected chi connectivity index (χ4v) is 0.900. The second-order valence-electron chi connectivity index (χ2n) is 2.24. The van der Waals surface area contributed by atoms with Crippen molar-refractivity contribution in [2.24, 2.45) is 0 Å². The molecule has 0 amide bonds. The zero-order valence-electron chi connectivity index (χ0n) is 5.54. The van der Waals surface area contributed by atoms with Crippen molar-refractivity contribution in [3.05, 3.63) is 48.0 Å². The van der Waals surface area contributed by atoms with E-state index < -0.39 is 0 Å². The molecule has 0 fully saturated rings. The molecule has 0 bridgehead atoms. The Bertz CT molecular complexity index is 220. The van der Waals surface area contributed by atoms with Gasteiger partial charge in [0.2, 0.25) is 0 Å². The van der Waals surface area contributed by atoms with Gasteiger partial charge in [-0.1, -0.05) is 12.2 Å². The van der Waals surface area contributed by atoms with E-state index in [-0.39, 0.29) is 31.1 Å². The molecule has 0 unspecified atom stereocenters. The van der Waals surface area contributed by atoms with Crippen molar-refractivity contribution < 1.29 is 31.1 Å². The predicted molar refractivity (Wildman–Crippen MR) is 37.2 cm³/mol. The number of benzene rings is 1. The van der Waals surface area contributed by atoms with Gasteiger partial charge in [-0.25, -0.2) is 0 Å². The largest absolute Gasteiger partial charge is 0.184 e. The van der Waals surface area contributed by atoms with Crippen LogP contribution in [0.15, 0.2) is 36.4 Å². The van der Waals surface area contributed by atoms with Crippen LogP contribution in [0.2, 0.25) is 0 Å². The SMILES string of the molecule is [U].[c-]1ccc(C2C=C2)cc1. The molecular formula is C9H7U-. The average Bonchev–Trinajstić information content (AvgIpc) is 2.71. The van der Waals surface area contributed by atoms with Crippen LogP contribution in [0.5, 0.6) is 0 Å². The van der Waals surface area contributed by atoms with Crippen molar-refractivity contribution in [1.82, 2.24) is 0 Å². The average molecular weight is 353 g/mol. The molecule has 0 N–H and O–H groups in total. The van der Waals surface area contributed by atoms with Gasteiger partial charge < -0.3 is 0 Å². The summed E-state index contributed by atoms with van der Waals surface area (Å²) < 4.78 is 0. The van der Waals surface area contributed by atoms with Gasteiger partial charge in [0.05, 0.1) is 0 Å². The molecule has 48 valence electrons. The van der Waals surface area contributed by atoms with Crippen LogP contribution in [-0.2, 0) is 0 Å². The van der Waals surface area contributed by atoms with Gasteiger partial charge in [0.1, 0.15) is 0 Å². The first-order chi connectivity index (χ1) is 4.47. The Morgan fingerprint density at radius 2 is 1.70 bits per heavy atom. The molecule has 10 heavy (non-hydrogen) atoms. The molecule has 2 rings (SSSR count). The summed E-state index contributed by atoms with van der Waals surface area (Å²) >= 11 is 0. The Morgan fingerprint density at radius 1 is 1.10 bits per heavy atom. The molecule has 0 heterocycles. The van der Waals surface area contributed by atoms with Crippen LogP contribution >= 0.6 is 0 Å². The molecule has 1 aromatic carbocycles. The molecule has 0 saturated heterocycles. The standard InChI is InChI=1S/C9H7.U/c1-2-4-8(5-3-1)9-6-7-9;/h2-7,9H;/q-1;. The summed E-state index contributed by atoms with van der Waals surface area (Å²) in [6, 6.07) is 11.1. The van der Waals surface area contributed by atoms with E-state index in [1.807, 2.05) is 12.1 Å². The molecular weight excluding hydrogens is 346 g/mol. The topological polar surface area (TPSA) is 0 Å². The van der Waals surface area contributed by atoms with Crippen molar-refractivity contribution in [3.8, 4) is 0 Å². The predicted octanol–water partition coefficient (Wildman–Crippen LogP) is 2.14. The van der Waals surface area contributed by atoms with E-state index >= 15 is 0 Å². The fourth-order valence-electron chi connectivity index (χ4n) is 0.900. The van der Waals surface area contributed by atoms with Crippen molar-refractivity contribution in [2.45, 2.75) is 5.92 Å². The van der Waals surface area contributed by atoms with Gasteiger partial charge in [-0.2, -0.15) is 30.3 Å². The quantitative estimate of drug-likeness (QED) is 0.536. The van der Waals surface area contributed by atoms with Crippen molar-refractivity contribution in [3.63, 3.8) is 0 Å². The van der Waals surface area contributed by atoms with E-state index in [1.165, 1.54) is 5.56 Å². The Labute approximate surface area is 84.7 Å². The van der Waals surface area contributed by atoms with Crippen LogP contribution in [0.1, 0.15) is 11.5 Å². The molecule has 0 spiro atoms. The van der Waals surface area contributed by atoms with Crippen LogP contribution in [0.3, 0.4) is 0 Å². The molecule has 0 saturated carbocycles. The minimum absolute atomic E-state index is 0. The fraction of sp³-hybridized carbons (Fsp3) is 0.111. The summed E-state index contributed by atoms with van der Waals surface area (Å²) in [4.78, 5) is 0. The van der Waals surface area contributed by atoms with Crippen LogP contribution in [0, 0.1) is 37.2 Å². The zero-order chi connectivity index (χ0) is 6.10. The Balaban J connectivity index is 0.000000500. The number of hydrogen-bond acceptors (Lipinski definition) is 0. The van der Waals surface area contributed by atoms with Crippen molar-refractivity contribution in [2.75, 3.05) is 0 Å². The second kappa shape index (κ2) is 3.42. The Hall–Kier alpha value is 0.0119. The molecule has 0 aliphatic heterocycles. The third-order valence-electron chi connectivity index (χ3n) is 1.51. The third-order valence-corrected chi connectivity index (χ3v) is 1.51. The summed E-state index contributed by atoms with van der Waals surface area (Å²) in [7, 11) is 0. The maximum atomic E-state index is 2.99. The first kappa shape index (κ1) is 8.11.